The molecule has 0 heteroatoms. The van der Waals surface area contributed by atoms with Gasteiger partial charge in [-0.15, -0.1) is 0 Å². The fourth-order valence-electron chi connectivity index (χ4n) is 12.7. The number of hydrogen-bond acceptors (Lipinski definition) is 0. The number of hydrogen-bond donors (Lipinski definition) is 0. The van der Waals surface area contributed by atoms with E-state index in [1.807, 2.05) is 0 Å². The Labute approximate surface area is 437 Å². The molecule has 0 aliphatic heterocycles. The Morgan fingerprint density at radius 2 is 0.595 bits per heavy atom. The summed E-state index contributed by atoms with van der Waals surface area (Å²) in [6, 6.07) is 71.4. The standard InChI is InChI=1S/C74H66/c1-71(2,3)47-30-26-43(27-31-47)52-36-34-49(73(7,8)9)39-60(52)67-62-41-58-55-22-15-19-45-20-16-23-56(65(45)55)59(58)42-63(62)68(70-64-38-46-18-13-14-21-51(46)54-24-17-25-57(66(54)64)69(67)70)61-40-50(74(10,11)12)35-37-53(61)44-28-32-48(33-29-44)72(4,5)6/h13-42H,1-12H3. The Kier molecular flexibility index (Phi) is 9.99. The van der Waals surface area contributed by atoms with Crippen LogP contribution in [0.5, 0.6) is 0 Å². The van der Waals surface area contributed by atoms with E-state index in [-0.39, 0.29) is 21.7 Å². The quantitative estimate of drug-likeness (QED) is 0.154. The molecule has 0 heterocycles. The van der Waals surface area contributed by atoms with Gasteiger partial charge in [0.05, 0.1) is 0 Å². The molecule has 0 unspecified atom stereocenters. The van der Waals surface area contributed by atoms with Crippen LogP contribution in [0.15, 0.2) is 182 Å². The highest BCUT2D eigenvalue weighted by Crippen LogP contribution is 2.57. The van der Waals surface area contributed by atoms with Crippen molar-refractivity contribution in [1.29, 1.82) is 0 Å². The molecular weight excluding hydrogens is 889 g/mol. The van der Waals surface area contributed by atoms with Gasteiger partial charge in [0.2, 0.25) is 0 Å². The van der Waals surface area contributed by atoms with E-state index in [2.05, 4.69) is 265 Å². The Morgan fingerprint density at radius 3 is 1.07 bits per heavy atom. The van der Waals surface area contributed by atoms with Crippen molar-refractivity contribution in [3.8, 4) is 44.5 Å². The molecule has 74 heavy (non-hydrogen) atoms. The smallest absolute Gasteiger partial charge is 0.000696 e. The lowest BCUT2D eigenvalue weighted by Gasteiger charge is -2.26. The summed E-state index contributed by atoms with van der Waals surface area (Å²) in [6.45, 7) is 28.0. The van der Waals surface area contributed by atoms with Crippen molar-refractivity contribution in [2.75, 3.05) is 0 Å². The van der Waals surface area contributed by atoms with Gasteiger partial charge in [-0.05, 0) is 205 Å². The zero-order chi connectivity index (χ0) is 51.4. The summed E-state index contributed by atoms with van der Waals surface area (Å²) in [4.78, 5) is 0. The van der Waals surface area contributed by atoms with Crippen LogP contribution in [0.2, 0.25) is 0 Å². The van der Waals surface area contributed by atoms with Gasteiger partial charge in [-0.1, -0.05) is 235 Å². The van der Waals surface area contributed by atoms with E-state index in [1.54, 1.807) is 0 Å². The van der Waals surface area contributed by atoms with Crippen molar-refractivity contribution in [3.63, 3.8) is 0 Å². The lowest BCUT2D eigenvalue weighted by Crippen LogP contribution is -2.12. The minimum Gasteiger partial charge on any atom is -0.0616 e. The Balaban J connectivity index is 1.31. The fraction of sp³-hybridized carbons (Fsp3) is 0.216. The van der Waals surface area contributed by atoms with Crippen LogP contribution in [0, 0.1) is 0 Å². The molecule has 0 amide bonds. The summed E-state index contributed by atoms with van der Waals surface area (Å²) < 4.78 is 0. The van der Waals surface area contributed by atoms with Crippen molar-refractivity contribution in [2.45, 2.75) is 105 Å². The first-order valence-corrected chi connectivity index (χ1v) is 26.9. The monoisotopic (exact) mass is 955 g/mol. The summed E-state index contributed by atoms with van der Waals surface area (Å²) in [5, 5.41) is 20.9. The van der Waals surface area contributed by atoms with Gasteiger partial charge in [0.25, 0.3) is 0 Å². The second-order valence-corrected chi connectivity index (χ2v) is 25.7. The van der Waals surface area contributed by atoms with Gasteiger partial charge in [-0.3, -0.25) is 0 Å². The lowest BCUT2D eigenvalue weighted by molar-refractivity contribution is 0.590. The van der Waals surface area contributed by atoms with E-state index in [0.29, 0.717) is 0 Å². The molecule has 13 rings (SSSR count). The molecule has 0 radical (unpaired) electrons. The number of fused-ring (bicyclic) bond motifs is 9. The molecule has 0 aliphatic rings. The predicted molar refractivity (Wildman–Crippen MR) is 325 cm³/mol. The van der Waals surface area contributed by atoms with E-state index >= 15 is 0 Å². The van der Waals surface area contributed by atoms with Crippen LogP contribution >= 0.6 is 0 Å². The van der Waals surface area contributed by atoms with E-state index < -0.39 is 0 Å². The third-order valence-electron chi connectivity index (χ3n) is 16.8. The maximum Gasteiger partial charge on any atom is -0.000696 e. The topological polar surface area (TPSA) is 0 Å². The zero-order valence-corrected chi connectivity index (χ0v) is 45.3. The highest BCUT2D eigenvalue weighted by Gasteiger charge is 2.30. The molecule has 13 aromatic carbocycles. The molecule has 0 aliphatic carbocycles. The van der Waals surface area contributed by atoms with Crippen LogP contribution in [-0.4, -0.2) is 0 Å². The van der Waals surface area contributed by atoms with E-state index in [9.17, 15) is 0 Å². The van der Waals surface area contributed by atoms with Gasteiger partial charge < -0.3 is 0 Å². The SMILES string of the molecule is CC(C)(C)c1ccc(-c2ccc(C(C)(C)C)cc2-c2c3cc4c(cc3c(-c3cc(C(C)(C)C)ccc3-c3ccc(C(C)(C)C)cc3)c3c5cc6ccccc6c6cccc(c23)c65)c2cccc3cccc4c32)cc1. The Hall–Kier alpha value is -7.54. The predicted octanol–water partition coefficient (Wildman–Crippen LogP) is 21.6. The zero-order valence-electron chi connectivity index (χ0n) is 45.3. The molecule has 0 bridgehead atoms. The van der Waals surface area contributed by atoms with E-state index in [4.69, 9.17) is 0 Å². The third-order valence-corrected chi connectivity index (χ3v) is 16.8. The van der Waals surface area contributed by atoms with Gasteiger partial charge in [0.15, 0.2) is 0 Å². The second kappa shape index (κ2) is 16.0. The van der Waals surface area contributed by atoms with Gasteiger partial charge in [-0.2, -0.15) is 0 Å². The van der Waals surface area contributed by atoms with Crippen LogP contribution in [0.4, 0.5) is 0 Å². The summed E-state index contributed by atoms with van der Waals surface area (Å²) in [5.41, 5.74) is 15.4. The van der Waals surface area contributed by atoms with Crippen molar-refractivity contribution in [1.82, 2.24) is 0 Å². The molecule has 0 spiro atoms. The van der Waals surface area contributed by atoms with Crippen molar-refractivity contribution in [2.24, 2.45) is 0 Å². The maximum atomic E-state index is 2.61. The third kappa shape index (κ3) is 7.08. The van der Waals surface area contributed by atoms with Crippen molar-refractivity contribution >= 4 is 86.2 Å². The van der Waals surface area contributed by atoms with Crippen LogP contribution in [0.25, 0.3) is 131 Å². The molecule has 0 fully saturated rings. The average molecular weight is 955 g/mol. The van der Waals surface area contributed by atoms with Crippen LogP contribution in [0.1, 0.15) is 105 Å². The Morgan fingerprint density at radius 1 is 0.216 bits per heavy atom. The van der Waals surface area contributed by atoms with Crippen LogP contribution < -0.4 is 0 Å². The van der Waals surface area contributed by atoms with Gasteiger partial charge in [0, 0.05) is 0 Å². The summed E-state index contributed by atoms with van der Waals surface area (Å²) >= 11 is 0. The molecule has 0 atom stereocenters. The molecule has 0 saturated heterocycles. The lowest BCUT2D eigenvalue weighted by atomic mass is 9.78. The van der Waals surface area contributed by atoms with Gasteiger partial charge in [0.1, 0.15) is 0 Å². The van der Waals surface area contributed by atoms with Crippen molar-refractivity contribution in [3.05, 3.63) is 204 Å². The molecule has 362 valence electrons. The highest BCUT2D eigenvalue weighted by molar-refractivity contribution is 6.44. The van der Waals surface area contributed by atoms with Gasteiger partial charge in [-0.25, -0.2) is 0 Å². The minimum atomic E-state index is -0.0924. The molecule has 0 aromatic heterocycles. The second-order valence-electron chi connectivity index (χ2n) is 25.7. The first kappa shape index (κ1) is 46.3. The first-order chi connectivity index (χ1) is 35.2. The molecule has 0 N–H and O–H groups in total. The van der Waals surface area contributed by atoms with Gasteiger partial charge >= 0.3 is 0 Å². The molecule has 0 saturated carbocycles. The largest absolute Gasteiger partial charge is 0.0616 e. The van der Waals surface area contributed by atoms with Crippen LogP contribution in [0.3, 0.4) is 0 Å². The summed E-state index contributed by atoms with van der Waals surface area (Å²) in [6.07, 6.45) is 0. The Bertz CT molecular complexity index is 4390. The van der Waals surface area contributed by atoms with E-state index in [1.165, 1.54) is 153 Å². The van der Waals surface area contributed by atoms with Crippen molar-refractivity contribution < 1.29 is 0 Å². The first-order valence-electron chi connectivity index (χ1n) is 26.9. The van der Waals surface area contributed by atoms with E-state index in [0.717, 1.165) is 0 Å². The normalized spacial score (nSPS) is 13.1. The molecule has 13 aromatic rings. The summed E-state index contributed by atoms with van der Waals surface area (Å²) in [7, 11) is 0. The number of benzene rings is 11. The molecular formula is C74H66. The number of rotatable bonds is 4. The summed E-state index contributed by atoms with van der Waals surface area (Å²) in [5.74, 6) is 0. The minimum absolute atomic E-state index is 0.0378. The highest BCUT2D eigenvalue weighted by atomic mass is 14.3. The maximum absolute atomic E-state index is 2.61. The fourth-order valence-corrected chi connectivity index (χ4v) is 12.7. The van der Waals surface area contributed by atoms with Crippen LogP contribution in [-0.2, 0) is 21.7 Å². The average Bonchev–Trinajstić information content (AvgIpc) is 3.97. The molecule has 0 nitrogen and oxygen atoms in total.